The van der Waals surface area contributed by atoms with Crippen LogP contribution >= 0.6 is 0 Å². The molecule has 0 spiro atoms. The molecule has 0 atom stereocenters. The Morgan fingerprint density at radius 1 is 1.35 bits per heavy atom. The van der Waals surface area contributed by atoms with Gasteiger partial charge in [0.1, 0.15) is 11.6 Å². The second kappa shape index (κ2) is 6.91. The summed E-state index contributed by atoms with van der Waals surface area (Å²) in [6, 6.07) is 10.2. The first-order valence-electron chi connectivity index (χ1n) is 7.24. The van der Waals surface area contributed by atoms with Crippen LogP contribution in [0.1, 0.15) is 43.7 Å². The van der Waals surface area contributed by atoms with Crippen LogP contribution in [-0.2, 0) is 11.2 Å². The predicted octanol–water partition coefficient (Wildman–Crippen LogP) is 3.21. The average Bonchev–Trinajstić information content (AvgIpc) is 2.98. The number of nitriles is 1. The lowest BCUT2D eigenvalue weighted by Gasteiger charge is -2.10. The van der Waals surface area contributed by atoms with Crippen molar-refractivity contribution in [1.82, 2.24) is 5.32 Å². The SMILES string of the molecule is CCc1ccc(/C=C(\C#N)C(=O)NC2CCCC2)cc1. The lowest BCUT2D eigenvalue weighted by molar-refractivity contribution is -0.117. The smallest absolute Gasteiger partial charge is 0.262 e. The molecule has 2 rings (SSSR count). The van der Waals surface area contributed by atoms with Gasteiger partial charge in [-0.3, -0.25) is 4.79 Å². The number of benzene rings is 1. The van der Waals surface area contributed by atoms with Crippen LogP contribution in [0.3, 0.4) is 0 Å². The van der Waals surface area contributed by atoms with E-state index in [0.29, 0.717) is 0 Å². The van der Waals surface area contributed by atoms with E-state index in [4.69, 9.17) is 5.26 Å². The standard InChI is InChI=1S/C17H20N2O/c1-2-13-7-9-14(10-8-13)11-15(12-18)17(20)19-16-5-3-4-6-16/h7-11,16H,2-6H2,1H3,(H,19,20)/b15-11+. The van der Waals surface area contributed by atoms with Crippen molar-refractivity contribution >= 4 is 12.0 Å². The zero-order chi connectivity index (χ0) is 14.4. The number of nitrogens with zero attached hydrogens (tertiary/aromatic N) is 1. The third kappa shape index (κ3) is 3.71. The van der Waals surface area contributed by atoms with Crippen molar-refractivity contribution in [2.75, 3.05) is 0 Å². The number of aryl methyl sites for hydroxylation is 1. The normalized spacial score (nSPS) is 15.9. The third-order valence-corrected chi connectivity index (χ3v) is 3.75. The van der Waals surface area contributed by atoms with Crippen LogP contribution in [-0.4, -0.2) is 11.9 Å². The summed E-state index contributed by atoms with van der Waals surface area (Å²) < 4.78 is 0. The Kier molecular flexibility index (Phi) is 4.95. The molecule has 0 aromatic heterocycles. The Morgan fingerprint density at radius 2 is 2.00 bits per heavy atom. The Balaban J connectivity index is 2.07. The van der Waals surface area contributed by atoms with Gasteiger partial charge in [0.05, 0.1) is 0 Å². The van der Waals surface area contributed by atoms with Gasteiger partial charge >= 0.3 is 0 Å². The molecule has 104 valence electrons. The summed E-state index contributed by atoms with van der Waals surface area (Å²) >= 11 is 0. The monoisotopic (exact) mass is 268 g/mol. The number of amides is 1. The molecule has 0 radical (unpaired) electrons. The molecule has 3 heteroatoms. The first kappa shape index (κ1) is 14.3. The maximum absolute atomic E-state index is 12.1. The summed E-state index contributed by atoms with van der Waals surface area (Å²) in [5, 5.41) is 12.1. The molecule has 1 aliphatic rings. The maximum Gasteiger partial charge on any atom is 0.262 e. The van der Waals surface area contributed by atoms with Crippen LogP contribution in [0.15, 0.2) is 29.8 Å². The van der Waals surface area contributed by atoms with Crippen LogP contribution in [0.2, 0.25) is 0 Å². The van der Waals surface area contributed by atoms with Crippen molar-refractivity contribution in [2.24, 2.45) is 0 Å². The molecule has 1 fully saturated rings. The summed E-state index contributed by atoms with van der Waals surface area (Å²) in [6.45, 7) is 2.10. The van der Waals surface area contributed by atoms with E-state index in [9.17, 15) is 4.79 Å². The second-order valence-electron chi connectivity index (χ2n) is 5.22. The molecule has 1 saturated carbocycles. The van der Waals surface area contributed by atoms with Gasteiger partial charge in [0.25, 0.3) is 5.91 Å². The lowest BCUT2D eigenvalue weighted by Crippen LogP contribution is -2.33. The van der Waals surface area contributed by atoms with Crippen molar-refractivity contribution in [3.8, 4) is 6.07 Å². The molecule has 1 aliphatic carbocycles. The maximum atomic E-state index is 12.1. The van der Waals surface area contributed by atoms with Crippen LogP contribution in [0.4, 0.5) is 0 Å². The summed E-state index contributed by atoms with van der Waals surface area (Å²) in [5.74, 6) is -0.251. The largest absolute Gasteiger partial charge is 0.349 e. The van der Waals surface area contributed by atoms with E-state index in [0.717, 1.165) is 37.7 Å². The minimum atomic E-state index is -0.251. The highest BCUT2D eigenvalue weighted by molar-refractivity contribution is 6.01. The highest BCUT2D eigenvalue weighted by Crippen LogP contribution is 2.18. The van der Waals surface area contributed by atoms with E-state index in [1.807, 2.05) is 30.3 Å². The van der Waals surface area contributed by atoms with Gasteiger partial charge in [0, 0.05) is 6.04 Å². The van der Waals surface area contributed by atoms with E-state index in [1.54, 1.807) is 6.08 Å². The molecule has 20 heavy (non-hydrogen) atoms. The van der Waals surface area contributed by atoms with E-state index < -0.39 is 0 Å². The minimum absolute atomic E-state index is 0.182. The van der Waals surface area contributed by atoms with Gasteiger partial charge in [-0.15, -0.1) is 0 Å². The third-order valence-electron chi connectivity index (χ3n) is 3.75. The predicted molar refractivity (Wildman–Crippen MR) is 79.8 cm³/mol. The highest BCUT2D eigenvalue weighted by atomic mass is 16.1. The summed E-state index contributed by atoms with van der Waals surface area (Å²) in [5.41, 5.74) is 2.32. The van der Waals surface area contributed by atoms with Crippen LogP contribution < -0.4 is 5.32 Å². The van der Waals surface area contributed by atoms with E-state index >= 15 is 0 Å². The first-order chi connectivity index (χ1) is 9.72. The number of nitrogens with one attached hydrogen (secondary N) is 1. The molecule has 0 bridgehead atoms. The van der Waals surface area contributed by atoms with Gasteiger partial charge in [-0.25, -0.2) is 0 Å². The molecule has 0 aliphatic heterocycles. The van der Waals surface area contributed by atoms with E-state index in [-0.39, 0.29) is 17.5 Å². The van der Waals surface area contributed by atoms with Crippen molar-refractivity contribution in [1.29, 1.82) is 5.26 Å². The van der Waals surface area contributed by atoms with E-state index in [2.05, 4.69) is 12.2 Å². The van der Waals surface area contributed by atoms with Crippen LogP contribution in [0.25, 0.3) is 6.08 Å². The Bertz CT molecular complexity index is 531. The molecule has 1 amide bonds. The fourth-order valence-electron chi connectivity index (χ4n) is 2.50. The topological polar surface area (TPSA) is 52.9 Å². The number of hydrogen-bond acceptors (Lipinski definition) is 2. The Morgan fingerprint density at radius 3 is 2.55 bits per heavy atom. The Labute approximate surface area is 120 Å². The number of carbonyl (C=O) groups is 1. The number of rotatable bonds is 4. The first-order valence-corrected chi connectivity index (χ1v) is 7.24. The van der Waals surface area contributed by atoms with Crippen LogP contribution in [0.5, 0.6) is 0 Å². The second-order valence-corrected chi connectivity index (χ2v) is 5.22. The quantitative estimate of drug-likeness (QED) is 0.673. The molecule has 0 unspecified atom stereocenters. The van der Waals surface area contributed by atoms with E-state index in [1.165, 1.54) is 5.56 Å². The van der Waals surface area contributed by atoms with Gasteiger partial charge in [-0.1, -0.05) is 44.0 Å². The van der Waals surface area contributed by atoms with Gasteiger partial charge in [-0.05, 0) is 36.5 Å². The molecule has 0 saturated heterocycles. The molecule has 1 aromatic rings. The fraction of sp³-hybridized carbons (Fsp3) is 0.412. The molecule has 1 N–H and O–H groups in total. The summed E-state index contributed by atoms with van der Waals surface area (Å²) in [4.78, 5) is 12.1. The van der Waals surface area contributed by atoms with Crippen molar-refractivity contribution in [3.05, 3.63) is 41.0 Å². The number of hydrogen-bond donors (Lipinski definition) is 1. The lowest BCUT2D eigenvalue weighted by atomic mass is 10.1. The van der Waals surface area contributed by atoms with Gasteiger partial charge < -0.3 is 5.32 Å². The molecule has 3 nitrogen and oxygen atoms in total. The highest BCUT2D eigenvalue weighted by Gasteiger charge is 2.19. The molecule has 0 heterocycles. The van der Waals surface area contributed by atoms with Crippen molar-refractivity contribution < 1.29 is 4.79 Å². The van der Waals surface area contributed by atoms with Gasteiger partial charge in [-0.2, -0.15) is 5.26 Å². The molecular formula is C17H20N2O. The van der Waals surface area contributed by atoms with Gasteiger partial charge in [0.2, 0.25) is 0 Å². The average molecular weight is 268 g/mol. The van der Waals surface area contributed by atoms with Crippen molar-refractivity contribution in [3.63, 3.8) is 0 Å². The number of carbonyl (C=O) groups excluding carboxylic acids is 1. The Hall–Kier alpha value is -2.08. The molecule has 1 aromatic carbocycles. The van der Waals surface area contributed by atoms with Gasteiger partial charge in [0.15, 0.2) is 0 Å². The van der Waals surface area contributed by atoms with Crippen LogP contribution in [0, 0.1) is 11.3 Å². The summed E-state index contributed by atoms with van der Waals surface area (Å²) in [7, 11) is 0. The molecular weight excluding hydrogens is 248 g/mol. The summed E-state index contributed by atoms with van der Waals surface area (Å²) in [6.07, 6.45) is 7.01. The minimum Gasteiger partial charge on any atom is -0.349 e. The van der Waals surface area contributed by atoms with Crippen molar-refractivity contribution in [2.45, 2.75) is 45.1 Å². The zero-order valence-electron chi connectivity index (χ0n) is 11.9. The zero-order valence-corrected chi connectivity index (χ0v) is 11.9. The fourth-order valence-corrected chi connectivity index (χ4v) is 2.50.